The lowest BCUT2D eigenvalue weighted by atomic mass is 9.92. The van der Waals surface area contributed by atoms with E-state index in [1.165, 1.54) is 17.0 Å². The van der Waals surface area contributed by atoms with Gasteiger partial charge < -0.3 is 5.32 Å². The fourth-order valence-electron chi connectivity index (χ4n) is 3.09. The van der Waals surface area contributed by atoms with E-state index in [0.717, 1.165) is 29.8 Å². The van der Waals surface area contributed by atoms with Crippen LogP contribution in [-0.4, -0.2) is 26.0 Å². The van der Waals surface area contributed by atoms with Gasteiger partial charge in [-0.3, -0.25) is 10.00 Å². The van der Waals surface area contributed by atoms with Gasteiger partial charge >= 0.3 is 6.03 Å². The van der Waals surface area contributed by atoms with E-state index in [0.29, 0.717) is 11.0 Å². The summed E-state index contributed by atoms with van der Waals surface area (Å²) < 4.78 is 2.08. The molecule has 0 aromatic carbocycles. The molecule has 136 valence electrons. The average molecular weight is 363 g/mol. The third-order valence-corrected chi connectivity index (χ3v) is 5.42. The van der Waals surface area contributed by atoms with Crippen molar-refractivity contribution in [1.29, 1.82) is 0 Å². The van der Waals surface area contributed by atoms with Crippen LogP contribution in [0.15, 0.2) is 6.20 Å². The Balaban J connectivity index is 1.70. The number of carbonyl (C=O) groups is 1. The van der Waals surface area contributed by atoms with Crippen molar-refractivity contribution in [3.8, 4) is 0 Å². The summed E-state index contributed by atoms with van der Waals surface area (Å²) in [6.45, 7) is 10.5. The molecular weight excluding hydrogens is 336 g/mol. The first-order valence-corrected chi connectivity index (χ1v) is 9.55. The van der Waals surface area contributed by atoms with Gasteiger partial charge in [-0.2, -0.15) is 5.10 Å². The summed E-state index contributed by atoms with van der Waals surface area (Å²) >= 11 is 1.41. The number of hydrogen-bond donors (Lipinski definition) is 2. The highest BCUT2D eigenvalue weighted by molar-refractivity contribution is 7.15. The molecule has 0 fully saturated rings. The monoisotopic (exact) mass is 362 g/mol. The van der Waals surface area contributed by atoms with Gasteiger partial charge in [0.1, 0.15) is 5.01 Å². The van der Waals surface area contributed by atoms with Crippen LogP contribution in [-0.2, 0) is 12.0 Å². The van der Waals surface area contributed by atoms with Crippen molar-refractivity contribution >= 4 is 22.5 Å². The molecule has 0 saturated carbocycles. The highest BCUT2D eigenvalue weighted by Crippen LogP contribution is 2.32. The molecule has 0 unspecified atom stereocenters. The fourth-order valence-corrected chi connectivity index (χ4v) is 3.84. The highest BCUT2D eigenvalue weighted by atomic mass is 32.1. The van der Waals surface area contributed by atoms with Crippen molar-refractivity contribution < 1.29 is 4.79 Å². The third-order valence-electron chi connectivity index (χ3n) is 4.28. The molecule has 1 aliphatic carbocycles. The van der Waals surface area contributed by atoms with Crippen molar-refractivity contribution in [3.05, 3.63) is 22.5 Å². The maximum absolute atomic E-state index is 12.4. The normalized spacial score (nSPS) is 17.4. The Morgan fingerprint density at radius 1 is 1.36 bits per heavy atom. The molecule has 1 atom stereocenters. The predicted octanol–water partition coefficient (Wildman–Crippen LogP) is 3.81. The van der Waals surface area contributed by atoms with Crippen LogP contribution in [0.3, 0.4) is 0 Å². The average Bonchev–Trinajstić information content (AvgIpc) is 3.13. The lowest BCUT2D eigenvalue weighted by Crippen LogP contribution is -2.35. The van der Waals surface area contributed by atoms with E-state index in [2.05, 4.69) is 65.2 Å². The standard InChI is InChI=1S/C17H26N6OS/c1-10(2)14-21-22-16(25-14)20-15(24)19-12-7-6-8-13-11(12)9-18-23(13)17(3,4)5/h9-10,12H,6-8H2,1-5H3,(H2,19,20,22,24)/t12-/m0/s1. The number of carbonyl (C=O) groups excluding carboxylic acids is 1. The van der Waals surface area contributed by atoms with Gasteiger partial charge in [0.2, 0.25) is 5.13 Å². The van der Waals surface area contributed by atoms with E-state index in [-0.39, 0.29) is 17.6 Å². The molecule has 1 aliphatic rings. The molecule has 8 heteroatoms. The first-order valence-electron chi connectivity index (χ1n) is 8.74. The van der Waals surface area contributed by atoms with E-state index < -0.39 is 0 Å². The molecule has 2 heterocycles. The summed E-state index contributed by atoms with van der Waals surface area (Å²) in [5, 5.41) is 20.0. The summed E-state index contributed by atoms with van der Waals surface area (Å²) in [4.78, 5) is 12.4. The number of nitrogens with one attached hydrogen (secondary N) is 2. The van der Waals surface area contributed by atoms with Gasteiger partial charge in [0.25, 0.3) is 0 Å². The van der Waals surface area contributed by atoms with Gasteiger partial charge in [-0.1, -0.05) is 25.2 Å². The van der Waals surface area contributed by atoms with Crippen LogP contribution in [0.25, 0.3) is 0 Å². The second-order valence-electron chi connectivity index (χ2n) is 7.77. The summed E-state index contributed by atoms with van der Waals surface area (Å²) in [5.41, 5.74) is 2.29. The second-order valence-corrected chi connectivity index (χ2v) is 8.78. The van der Waals surface area contributed by atoms with Crippen molar-refractivity contribution in [2.24, 2.45) is 0 Å². The highest BCUT2D eigenvalue weighted by Gasteiger charge is 2.29. The van der Waals surface area contributed by atoms with Crippen LogP contribution in [0, 0.1) is 0 Å². The number of rotatable bonds is 3. The molecular formula is C17H26N6OS. The maximum atomic E-state index is 12.4. The van der Waals surface area contributed by atoms with Gasteiger partial charge in [-0.05, 0) is 40.0 Å². The SMILES string of the molecule is CC(C)c1nnc(NC(=O)N[C@H]2CCCc3c2cnn3C(C)(C)C)s1. The molecule has 7 nitrogen and oxygen atoms in total. The number of urea groups is 1. The molecule has 0 saturated heterocycles. The van der Waals surface area contributed by atoms with Gasteiger partial charge in [0.15, 0.2) is 0 Å². The molecule has 25 heavy (non-hydrogen) atoms. The molecule has 2 aromatic heterocycles. The molecule has 2 amide bonds. The lowest BCUT2D eigenvalue weighted by molar-refractivity contribution is 0.246. The Morgan fingerprint density at radius 2 is 2.12 bits per heavy atom. The summed E-state index contributed by atoms with van der Waals surface area (Å²) in [6.07, 6.45) is 4.85. The number of amides is 2. The Kier molecular flexibility index (Phi) is 4.81. The minimum absolute atomic E-state index is 0.0164. The van der Waals surface area contributed by atoms with E-state index in [9.17, 15) is 4.79 Å². The number of anilines is 1. The van der Waals surface area contributed by atoms with Crippen LogP contribution in [0.1, 0.15) is 75.7 Å². The van der Waals surface area contributed by atoms with Gasteiger partial charge in [0.05, 0.1) is 17.8 Å². The van der Waals surface area contributed by atoms with Crippen LogP contribution >= 0.6 is 11.3 Å². The molecule has 3 rings (SSSR count). The molecule has 2 N–H and O–H groups in total. The minimum atomic E-state index is -0.243. The van der Waals surface area contributed by atoms with Gasteiger partial charge in [-0.25, -0.2) is 4.79 Å². The van der Waals surface area contributed by atoms with Crippen LogP contribution in [0.4, 0.5) is 9.93 Å². The van der Waals surface area contributed by atoms with E-state index in [4.69, 9.17) is 0 Å². The minimum Gasteiger partial charge on any atom is -0.331 e. The molecule has 0 aliphatic heterocycles. The molecule has 0 spiro atoms. The van der Waals surface area contributed by atoms with Crippen LogP contribution in [0.5, 0.6) is 0 Å². The lowest BCUT2D eigenvalue weighted by Gasteiger charge is -2.28. The zero-order chi connectivity index (χ0) is 18.2. The number of nitrogens with zero attached hydrogens (tertiary/aromatic N) is 4. The zero-order valence-electron chi connectivity index (χ0n) is 15.5. The van der Waals surface area contributed by atoms with Gasteiger partial charge in [-0.15, -0.1) is 10.2 Å². The number of aromatic nitrogens is 4. The number of hydrogen-bond acceptors (Lipinski definition) is 5. The quantitative estimate of drug-likeness (QED) is 0.869. The molecule has 2 aromatic rings. The largest absolute Gasteiger partial charge is 0.331 e. The summed E-state index contributed by atoms with van der Waals surface area (Å²) in [7, 11) is 0. The predicted molar refractivity (Wildman–Crippen MR) is 99.1 cm³/mol. The Labute approximate surface area is 152 Å². The Bertz CT molecular complexity index is 758. The second kappa shape index (κ2) is 6.74. The van der Waals surface area contributed by atoms with E-state index >= 15 is 0 Å². The summed E-state index contributed by atoms with van der Waals surface area (Å²) in [6, 6.07) is -0.259. The van der Waals surface area contributed by atoms with Crippen molar-refractivity contribution in [2.75, 3.05) is 5.32 Å². The maximum Gasteiger partial charge on any atom is 0.321 e. The van der Waals surface area contributed by atoms with Crippen molar-refractivity contribution in [1.82, 2.24) is 25.3 Å². The van der Waals surface area contributed by atoms with Crippen LogP contribution in [0.2, 0.25) is 0 Å². The van der Waals surface area contributed by atoms with E-state index in [1.807, 2.05) is 6.20 Å². The van der Waals surface area contributed by atoms with Crippen molar-refractivity contribution in [3.63, 3.8) is 0 Å². The summed E-state index contributed by atoms with van der Waals surface area (Å²) in [5.74, 6) is 0.306. The molecule has 0 radical (unpaired) electrons. The fraction of sp³-hybridized carbons (Fsp3) is 0.647. The van der Waals surface area contributed by atoms with Gasteiger partial charge in [0, 0.05) is 17.2 Å². The molecule has 0 bridgehead atoms. The first-order chi connectivity index (χ1) is 11.8. The Morgan fingerprint density at radius 3 is 2.76 bits per heavy atom. The zero-order valence-corrected chi connectivity index (χ0v) is 16.3. The Hall–Kier alpha value is -1.96. The number of fused-ring (bicyclic) bond motifs is 1. The first kappa shape index (κ1) is 17.8. The van der Waals surface area contributed by atoms with Crippen molar-refractivity contribution in [2.45, 2.75) is 71.4 Å². The smallest absolute Gasteiger partial charge is 0.321 e. The van der Waals surface area contributed by atoms with Crippen LogP contribution < -0.4 is 10.6 Å². The topological polar surface area (TPSA) is 84.7 Å². The third kappa shape index (κ3) is 3.84. The van der Waals surface area contributed by atoms with E-state index in [1.54, 1.807) is 0 Å².